The van der Waals surface area contributed by atoms with Gasteiger partial charge in [0.25, 0.3) is 5.91 Å². The summed E-state index contributed by atoms with van der Waals surface area (Å²) >= 11 is 0. The van der Waals surface area contributed by atoms with Gasteiger partial charge in [-0.3, -0.25) is 4.79 Å². The summed E-state index contributed by atoms with van der Waals surface area (Å²) in [7, 11) is 0. The first kappa shape index (κ1) is 16.1. The van der Waals surface area contributed by atoms with Gasteiger partial charge >= 0.3 is 0 Å². The molecule has 0 bridgehead atoms. The average Bonchev–Trinajstić information content (AvgIpc) is 2.98. The minimum atomic E-state index is -1.08. The molecule has 2 unspecified atom stereocenters. The predicted molar refractivity (Wildman–Crippen MR) is 82.6 cm³/mol. The average molecular weight is 303 g/mol. The fourth-order valence-electron chi connectivity index (χ4n) is 2.03. The minimum absolute atomic E-state index is 0.120. The number of carbonyl (C=O) groups excluding carboxylic acids is 1. The first-order valence-electron chi connectivity index (χ1n) is 7.20. The number of furan rings is 1. The van der Waals surface area contributed by atoms with E-state index in [1.54, 1.807) is 44.4 Å². The number of para-hydroxylation sites is 1. The zero-order chi connectivity index (χ0) is 16.0. The Morgan fingerprint density at radius 3 is 2.68 bits per heavy atom. The van der Waals surface area contributed by atoms with Gasteiger partial charge in [0.1, 0.15) is 11.5 Å². The zero-order valence-corrected chi connectivity index (χ0v) is 12.8. The minimum Gasteiger partial charge on any atom is -0.481 e. The number of amides is 1. The van der Waals surface area contributed by atoms with Gasteiger partial charge < -0.3 is 19.6 Å². The van der Waals surface area contributed by atoms with Crippen LogP contribution in [0.5, 0.6) is 5.75 Å². The molecule has 0 aliphatic heterocycles. The second kappa shape index (κ2) is 7.13. The Bertz CT molecular complexity index is 578. The molecule has 0 fully saturated rings. The van der Waals surface area contributed by atoms with Crippen LogP contribution < -0.4 is 10.1 Å². The third-order valence-corrected chi connectivity index (χ3v) is 3.20. The molecule has 118 valence electrons. The van der Waals surface area contributed by atoms with Crippen LogP contribution in [-0.2, 0) is 11.2 Å². The Kier molecular flexibility index (Phi) is 5.22. The van der Waals surface area contributed by atoms with E-state index in [9.17, 15) is 9.90 Å². The largest absolute Gasteiger partial charge is 0.481 e. The van der Waals surface area contributed by atoms with E-state index in [4.69, 9.17) is 9.15 Å². The molecule has 0 spiro atoms. The molecule has 2 rings (SSSR count). The van der Waals surface area contributed by atoms with Crippen LogP contribution in [0.25, 0.3) is 0 Å². The molecule has 2 aromatic rings. The number of hydrogen-bond acceptors (Lipinski definition) is 4. The van der Waals surface area contributed by atoms with Gasteiger partial charge in [-0.1, -0.05) is 18.2 Å². The summed E-state index contributed by atoms with van der Waals surface area (Å²) in [5.41, 5.74) is -1.08. The van der Waals surface area contributed by atoms with Gasteiger partial charge in [0.15, 0.2) is 6.10 Å². The summed E-state index contributed by atoms with van der Waals surface area (Å²) in [6, 6.07) is 12.7. The quantitative estimate of drug-likeness (QED) is 0.822. The van der Waals surface area contributed by atoms with Crippen LogP contribution in [0.4, 0.5) is 0 Å². The van der Waals surface area contributed by atoms with E-state index in [-0.39, 0.29) is 12.5 Å². The monoisotopic (exact) mass is 303 g/mol. The Labute approximate surface area is 129 Å². The number of nitrogens with one attached hydrogen (secondary N) is 1. The van der Waals surface area contributed by atoms with Crippen LogP contribution in [0.15, 0.2) is 53.1 Å². The first-order chi connectivity index (χ1) is 10.5. The van der Waals surface area contributed by atoms with E-state index in [2.05, 4.69) is 5.32 Å². The maximum absolute atomic E-state index is 12.0. The van der Waals surface area contributed by atoms with Crippen LogP contribution >= 0.6 is 0 Å². The number of aliphatic hydroxyl groups is 1. The molecule has 1 heterocycles. The van der Waals surface area contributed by atoms with Crippen molar-refractivity contribution in [3.05, 3.63) is 54.5 Å². The SMILES string of the molecule is CC(Oc1ccccc1)C(=O)NCC(C)(O)Cc1ccco1. The highest BCUT2D eigenvalue weighted by atomic mass is 16.5. The molecule has 0 saturated carbocycles. The normalized spacial score (nSPS) is 14.9. The number of carbonyl (C=O) groups is 1. The highest BCUT2D eigenvalue weighted by Gasteiger charge is 2.25. The van der Waals surface area contributed by atoms with Crippen molar-refractivity contribution in [2.24, 2.45) is 0 Å². The van der Waals surface area contributed by atoms with E-state index in [1.165, 1.54) is 0 Å². The van der Waals surface area contributed by atoms with Crippen LogP contribution in [0.3, 0.4) is 0 Å². The lowest BCUT2D eigenvalue weighted by Crippen LogP contribution is -2.46. The summed E-state index contributed by atoms with van der Waals surface area (Å²) < 4.78 is 10.7. The Hall–Kier alpha value is -2.27. The molecule has 0 saturated heterocycles. The summed E-state index contributed by atoms with van der Waals surface area (Å²) in [4.78, 5) is 12.0. The lowest BCUT2D eigenvalue weighted by atomic mass is 10.0. The maximum Gasteiger partial charge on any atom is 0.260 e. The molecule has 1 amide bonds. The van der Waals surface area contributed by atoms with Gasteiger partial charge in [-0.15, -0.1) is 0 Å². The molecule has 22 heavy (non-hydrogen) atoms. The topological polar surface area (TPSA) is 71.7 Å². The van der Waals surface area contributed by atoms with Crippen molar-refractivity contribution in [3.63, 3.8) is 0 Å². The zero-order valence-electron chi connectivity index (χ0n) is 12.8. The van der Waals surface area contributed by atoms with Gasteiger partial charge in [-0.2, -0.15) is 0 Å². The maximum atomic E-state index is 12.0. The van der Waals surface area contributed by atoms with Gasteiger partial charge in [-0.05, 0) is 38.1 Å². The van der Waals surface area contributed by atoms with Gasteiger partial charge in [-0.25, -0.2) is 0 Å². The van der Waals surface area contributed by atoms with Crippen molar-refractivity contribution >= 4 is 5.91 Å². The molecule has 1 aromatic carbocycles. The molecular formula is C17H21NO4. The molecular weight excluding hydrogens is 282 g/mol. The van der Waals surface area contributed by atoms with E-state index in [0.29, 0.717) is 17.9 Å². The van der Waals surface area contributed by atoms with Crippen molar-refractivity contribution in [1.82, 2.24) is 5.32 Å². The van der Waals surface area contributed by atoms with Gasteiger partial charge in [0.2, 0.25) is 0 Å². The molecule has 5 nitrogen and oxygen atoms in total. The smallest absolute Gasteiger partial charge is 0.260 e. The number of benzene rings is 1. The Morgan fingerprint density at radius 2 is 2.05 bits per heavy atom. The number of hydrogen-bond donors (Lipinski definition) is 2. The van der Waals surface area contributed by atoms with Crippen LogP contribution in [0.1, 0.15) is 19.6 Å². The highest BCUT2D eigenvalue weighted by Crippen LogP contribution is 2.14. The summed E-state index contributed by atoms with van der Waals surface area (Å²) in [6.07, 6.45) is 1.25. The molecule has 0 aliphatic rings. The third kappa shape index (κ3) is 4.93. The standard InChI is InChI=1S/C17H21NO4/c1-13(22-14-7-4-3-5-8-14)16(19)18-12-17(2,20)11-15-9-6-10-21-15/h3-10,13,20H,11-12H2,1-2H3,(H,18,19). The highest BCUT2D eigenvalue weighted by molar-refractivity contribution is 5.80. The Morgan fingerprint density at radius 1 is 1.32 bits per heavy atom. The lowest BCUT2D eigenvalue weighted by Gasteiger charge is -2.23. The number of ether oxygens (including phenoxy) is 1. The molecule has 5 heteroatoms. The molecule has 2 N–H and O–H groups in total. The molecule has 0 aliphatic carbocycles. The van der Waals surface area contributed by atoms with Crippen molar-refractivity contribution in [3.8, 4) is 5.75 Å². The van der Waals surface area contributed by atoms with E-state index >= 15 is 0 Å². The van der Waals surface area contributed by atoms with Crippen LogP contribution in [-0.4, -0.2) is 29.3 Å². The molecule has 1 aromatic heterocycles. The summed E-state index contributed by atoms with van der Waals surface area (Å²) in [5.74, 6) is 1.03. The van der Waals surface area contributed by atoms with Crippen molar-refractivity contribution in [2.45, 2.75) is 32.0 Å². The van der Waals surface area contributed by atoms with Crippen molar-refractivity contribution in [2.75, 3.05) is 6.54 Å². The molecule has 2 atom stereocenters. The first-order valence-corrected chi connectivity index (χ1v) is 7.20. The van der Waals surface area contributed by atoms with E-state index < -0.39 is 11.7 Å². The van der Waals surface area contributed by atoms with E-state index in [0.717, 1.165) is 0 Å². The third-order valence-electron chi connectivity index (χ3n) is 3.20. The fraction of sp³-hybridized carbons (Fsp3) is 0.353. The van der Waals surface area contributed by atoms with Crippen LogP contribution in [0, 0.1) is 0 Å². The fourth-order valence-corrected chi connectivity index (χ4v) is 2.03. The lowest BCUT2D eigenvalue weighted by molar-refractivity contribution is -0.128. The summed E-state index contributed by atoms with van der Waals surface area (Å²) in [5, 5.41) is 13.0. The van der Waals surface area contributed by atoms with Crippen molar-refractivity contribution in [1.29, 1.82) is 0 Å². The predicted octanol–water partition coefficient (Wildman–Crippen LogP) is 2.16. The second-order valence-corrected chi connectivity index (χ2v) is 5.54. The van der Waals surface area contributed by atoms with Gasteiger partial charge in [0, 0.05) is 13.0 Å². The van der Waals surface area contributed by atoms with Crippen LogP contribution in [0.2, 0.25) is 0 Å². The van der Waals surface area contributed by atoms with Gasteiger partial charge in [0.05, 0.1) is 11.9 Å². The summed E-state index contributed by atoms with van der Waals surface area (Å²) in [6.45, 7) is 3.44. The Balaban J connectivity index is 1.81. The van der Waals surface area contributed by atoms with Crippen molar-refractivity contribution < 1.29 is 19.1 Å². The second-order valence-electron chi connectivity index (χ2n) is 5.54. The van der Waals surface area contributed by atoms with E-state index in [1.807, 2.05) is 18.2 Å². The molecule has 0 radical (unpaired) electrons. The number of rotatable bonds is 7.